The average molecular weight is 507 g/mol. The number of allylic oxidation sites excluding steroid dienone is 2. The summed E-state index contributed by atoms with van der Waals surface area (Å²) in [7, 11) is 0. The number of likely N-dealkylation sites (N-methyl/N-ethyl adjacent to an activating group) is 1. The molecule has 0 spiro atoms. The molecule has 1 aliphatic heterocycles. The summed E-state index contributed by atoms with van der Waals surface area (Å²) in [4.78, 5) is 43.0. The highest BCUT2D eigenvalue weighted by Gasteiger charge is 2.46. The minimum absolute atomic E-state index is 0.0410. The molecule has 2 aromatic carbocycles. The molecule has 1 fully saturated rings. The highest BCUT2D eigenvalue weighted by molar-refractivity contribution is 6.24. The normalized spacial score (nSPS) is 19.9. The van der Waals surface area contributed by atoms with Gasteiger partial charge >= 0.3 is 0 Å². The van der Waals surface area contributed by atoms with Crippen LogP contribution >= 0.6 is 0 Å². The number of furan rings is 1. The van der Waals surface area contributed by atoms with Gasteiger partial charge in [-0.15, -0.1) is 0 Å². The van der Waals surface area contributed by atoms with Gasteiger partial charge in [0.25, 0.3) is 0 Å². The monoisotopic (exact) mass is 506 g/mol. The smallest absolute Gasteiger partial charge is 0.249 e. The summed E-state index contributed by atoms with van der Waals surface area (Å²) in [5.74, 6) is 0.0129. The Hall–Kier alpha value is -4.32. The summed E-state index contributed by atoms with van der Waals surface area (Å²) in [5, 5.41) is 2.90. The Kier molecular flexibility index (Phi) is 6.81. The molecule has 0 saturated heterocycles. The van der Waals surface area contributed by atoms with E-state index in [-0.39, 0.29) is 11.7 Å². The molecular weight excluding hydrogens is 476 g/mol. The van der Waals surface area contributed by atoms with Crippen LogP contribution in [-0.2, 0) is 9.59 Å². The Bertz CT molecular complexity index is 1540. The number of aliphatic imine (C=N–C) groups is 1. The van der Waals surface area contributed by atoms with Crippen molar-refractivity contribution < 1.29 is 18.8 Å². The van der Waals surface area contributed by atoms with Crippen LogP contribution in [-0.4, -0.2) is 30.2 Å². The highest BCUT2D eigenvalue weighted by Crippen LogP contribution is 2.45. The van der Waals surface area contributed by atoms with Crippen LogP contribution in [0.25, 0.3) is 17.4 Å². The predicted octanol–water partition coefficient (Wildman–Crippen LogP) is 6.00. The molecule has 2 atom stereocenters. The number of benzene rings is 2. The third-order valence-corrected chi connectivity index (χ3v) is 7.30. The number of carbonyl (C=O) groups is 3. The molecular formula is C32H30N2O4. The van der Waals surface area contributed by atoms with Gasteiger partial charge in [-0.3, -0.25) is 19.4 Å². The maximum absolute atomic E-state index is 13.9. The van der Waals surface area contributed by atoms with E-state index >= 15 is 0 Å². The third-order valence-electron chi connectivity index (χ3n) is 7.30. The molecule has 2 aliphatic rings. The molecule has 192 valence electrons. The zero-order chi connectivity index (χ0) is 27.0. The number of rotatable bonds is 6. The quantitative estimate of drug-likeness (QED) is 0.328. The number of amides is 1. The van der Waals surface area contributed by atoms with Crippen LogP contribution in [0.3, 0.4) is 0 Å². The number of aldehydes is 1. The van der Waals surface area contributed by atoms with Gasteiger partial charge in [-0.1, -0.05) is 42.0 Å². The minimum atomic E-state index is -0.536. The first kappa shape index (κ1) is 25.3. The molecule has 2 heterocycles. The fourth-order valence-electron chi connectivity index (χ4n) is 5.41. The van der Waals surface area contributed by atoms with E-state index in [0.29, 0.717) is 46.9 Å². The lowest BCUT2D eigenvalue weighted by Gasteiger charge is -2.30. The first-order chi connectivity index (χ1) is 18.3. The van der Waals surface area contributed by atoms with Crippen LogP contribution < -0.4 is 5.32 Å². The van der Waals surface area contributed by atoms with Crippen molar-refractivity contribution in [3.63, 3.8) is 0 Å². The van der Waals surface area contributed by atoms with Crippen LogP contribution in [0.2, 0.25) is 0 Å². The Morgan fingerprint density at radius 3 is 2.53 bits per heavy atom. The molecule has 1 saturated carbocycles. The summed E-state index contributed by atoms with van der Waals surface area (Å²) in [6.07, 6.45) is 2.99. The summed E-state index contributed by atoms with van der Waals surface area (Å²) in [6.45, 7) is 8.18. The van der Waals surface area contributed by atoms with Gasteiger partial charge in [-0.05, 0) is 63.1 Å². The van der Waals surface area contributed by atoms with E-state index in [9.17, 15) is 14.4 Å². The van der Waals surface area contributed by atoms with Crippen LogP contribution in [0.5, 0.6) is 0 Å². The van der Waals surface area contributed by atoms with Crippen molar-refractivity contribution in [2.75, 3.05) is 6.54 Å². The second kappa shape index (κ2) is 10.2. The predicted molar refractivity (Wildman–Crippen MR) is 148 cm³/mol. The lowest BCUT2D eigenvalue weighted by atomic mass is 9.75. The summed E-state index contributed by atoms with van der Waals surface area (Å²) < 4.78 is 6.09. The van der Waals surface area contributed by atoms with Crippen molar-refractivity contribution >= 4 is 29.8 Å². The Balaban J connectivity index is 1.52. The largest absolute Gasteiger partial charge is 0.457 e. The van der Waals surface area contributed by atoms with Gasteiger partial charge < -0.3 is 9.73 Å². The van der Waals surface area contributed by atoms with Crippen molar-refractivity contribution in [3.8, 4) is 11.3 Å². The Morgan fingerprint density at radius 2 is 1.82 bits per heavy atom. The van der Waals surface area contributed by atoms with Gasteiger partial charge in [-0.25, -0.2) is 0 Å². The molecule has 1 aromatic heterocycles. The Labute approximate surface area is 222 Å². The number of carbonyl (C=O) groups excluding carboxylic acids is 3. The van der Waals surface area contributed by atoms with Crippen LogP contribution in [0, 0.1) is 19.8 Å². The molecule has 6 heteroatoms. The lowest BCUT2D eigenvalue weighted by Crippen LogP contribution is -2.36. The van der Waals surface area contributed by atoms with Crippen LogP contribution in [0.1, 0.15) is 59.0 Å². The van der Waals surface area contributed by atoms with Crippen molar-refractivity contribution in [1.29, 1.82) is 0 Å². The number of ketones is 1. The number of aryl methyl sites for hydroxylation is 2. The molecule has 1 N–H and O–H groups in total. The molecule has 1 amide bonds. The highest BCUT2D eigenvalue weighted by atomic mass is 16.3. The first-order valence-electron chi connectivity index (χ1n) is 12.8. The van der Waals surface area contributed by atoms with Crippen molar-refractivity contribution in [3.05, 3.63) is 99.5 Å². The molecule has 3 aromatic rings. The molecule has 38 heavy (non-hydrogen) atoms. The number of fused-ring (bicyclic) bond motifs is 1. The van der Waals surface area contributed by atoms with Crippen LogP contribution in [0.4, 0.5) is 0 Å². The second-order valence-corrected chi connectivity index (χ2v) is 9.93. The van der Waals surface area contributed by atoms with Gasteiger partial charge in [0.15, 0.2) is 5.78 Å². The summed E-state index contributed by atoms with van der Waals surface area (Å²) in [6, 6.07) is 17.1. The Morgan fingerprint density at radius 1 is 1.05 bits per heavy atom. The van der Waals surface area contributed by atoms with Gasteiger partial charge in [0.05, 0.1) is 5.92 Å². The molecule has 0 bridgehead atoms. The van der Waals surface area contributed by atoms with Crippen molar-refractivity contribution in [2.45, 2.75) is 40.0 Å². The fourth-order valence-corrected chi connectivity index (χ4v) is 5.41. The molecule has 2 unspecified atom stereocenters. The average Bonchev–Trinajstić information content (AvgIpc) is 3.48. The van der Waals surface area contributed by atoms with Gasteiger partial charge in [0.2, 0.25) is 5.91 Å². The van der Waals surface area contributed by atoms with E-state index in [0.717, 1.165) is 34.3 Å². The zero-order valence-corrected chi connectivity index (χ0v) is 22.0. The second-order valence-electron chi connectivity index (χ2n) is 9.93. The van der Waals surface area contributed by atoms with Crippen LogP contribution in [0.15, 0.2) is 80.9 Å². The van der Waals surface area contributed by atoms with E-state index in [4.69, 9.17) is 9.41 Å². The van der Waals surface area contributed by atoms with E-state index in [1.807, 2.05) is 70.2 Å². The number of nitrogens with zero attached hydrogens (tertiary/aromatic N) is 1. The SMILES string of the molecule is CCNC(=O)C1=C(C)N=C2C/C(=C\c3ccc(-c4cc(C=O)ccc4C)o3)C(=O)C2C1c1ccc(C)cc1. The number of nitrogens with one attached hydrogen (secondary N) is 1. The van der Waals surface area contributed by atoms with E-state index < -0.39 is 11.8 Å². The van der Waals surface area contributed by atoms with Crippen molar-refractivity contribution in [1.82, 2.24) is 5.32 Å². The molecule has 5 rings (SSSR count). The topological polar surface area (TPSA) is 88.7 Å². The van der Waals surface area contributed by atoms with E-state index in [1.54, 1.807) is 18.2 Å². The van der Waals surface area contributed by atoms with Gasteiger partial charge in [0, 0.05) is 52.6 Å². The maximum atomic E-state index is 13.9. The third kappa shape index (κ3) is 4.58. The fraction of sp³-hybridized carbons (Fsp3) is 0.250. The standard InChI is InChI=1S/C32H30N2O4/c1-5-33-32(37)28-20(4)34-26-16-23(31(36)30(26)29(28)22-10-6-18(2)7-11-22)15-24-12-13-27(38-24)25-14-21(17-35)9-8-19(25)3/h6-15,17,29-30H,5,16H2,1-4H3,(H,33,37)/b23-15+. The summed E-state index contributed by atoms with van der Waals surface area (Å²) >= 11 is 0. The molecule has 1 aliphatic carbocycles. The minimum Gasteiger partial charge on any atom is -0.457 e. The zero-order valence-electron chi connectivity index (χ0n) is 22.0. The number of Topliss-reactive ketones (excluding diaryl/α,β-unsaturated/α-hetero) is 1. The molecule has 0 radical (unpaired) electrons. The van der Waals surface area contributed by atoms with E-state index in [2.05, 4.69) is 5.32 Å². The first-order valence-corrected chi connectivity index (χ1v) is 12.8. The molecule has 6 nitrogen and oxygen atoms in total. The van der Waals surface area contributed by atoms with E-state index in [1.165, 1.54) is 0 Å². The maximum Gasteiger partial charge on any atom is 0.249 e. The lowest BCUT2D eigenvalue weighted by molar-refractivity contribution is -0.118. The van der Waals surface area contributed by atoms with Gasteiger partial charge in [-0.2, -0.15) is 0 Å². The number of hydrogen-bond donors (Lipinski definition) is 1. The van der Waals surface area contributed by atoms with Gasteiger partial charge in [0.1, 0.15) is 17.8 Å². The summed E-state index contributed by atoms with van der Waals surface area (Å²) in [5.41, 5.74) is 7.01. The number of hydrogen-bond acceptors (Lipinski definition) is 5. The van der Waals surface area contributed by atoms with Crippen molar-refractivity contribution in [2.24, 2.45) is 10.9 Å².